The van der Waals surface area contributed by atoms with Crippen LogP contribution in [0.2, 0.25) is 0 Å². The van der Waals surface area contributed by atoms with Crippen molar-refractivity contribution in [1.29, 1.82) is 0 Å². The number of rotatable bonds is 0. The number of primary amides is 1. The molecule has 0 aromatic carbocycles. The molecule has 0 bridgehead atoms. The number of carbonyl (C=O) groups excluding carboxylic acids is 2. The summed E-state index contributed by atoms with van der Waals surface area (Å²) in [7, 11) is 0. The van der Waals surface area contributed by atoms with E-state index in [1.807, 2.05) is 0 Å². The Hall–Kier alpha value is -1.20. The molecule has 0 radical (unpaired) electrons. The summed E-state index contributed by atoms with van der Waals surface area (Å²) in [6, 6.07) is 0. The number of amides is 2. The number of nitrogens with zero attached hydrogens (tertiary/aromatic N) is 1. The largest absolute Gasteiger partial charge is 0.370 e. The third-order valence-electron chi connectivity index (χ3n) is 0.364. The molecule has 0 rings (SSSR count). The summed E-state index contributed by atoms with van der Waals surface area (Å²) in [5, 5.41) is -1.87. The summed E-state index contributed by atoms with van der Waals surface area (Å²) in [4.78, 5) is 19.0. The first-order valence-electron chi connectivity index (χ1n) is 1.51. The van der Waals surface area contributed by atoms with Gasteiger partial charge in [-0.05, 0) is 0 Å². The van der Waals surface area contributed by atoms with Gasteiger partial charge in [0.15, 0.2) is 0 Å². The molecule has 0 saturated heterocycles. The van der Waals surface area contributed by atoms with Crippen LogP contribution in [-0.2, 0) is 9.59 Å². The van der Waals surface area contributed by atoms with Gasteiger partial charge in [0.1, 0.15) is 0 Å². The molecular weight excluding hydrogens is 122 g/mol. The molecule has 0 aromatic rings. The Balaban J connectivity index is 3.84. The van der Waals surface area contributed by atoms with E-state index >= 15 is 0 Å². The highest BCUT2D eigenvalue weighted by atomic mass is 19.4. The summed E-state index contributed by atoms with van der Waals surface area (Å²) in [5.74, 6) is -3.68. The zero-order valence-electron chi connectivity index (χ0n) is 3.60. The molecule has 46 valence electrons. The van der Waals surface area contributed by atoms with Crippen LogP contribution in [0, 0.1) is 0 Å². The van der Waals surface area contributed by atoms with Crippen molar-refractivity contribution in [2.24, 2.45) is 5.73 Å². The molecule has 8 heavy (non-hydrogen) atoms. The molecule has 0 aliphatic carbocycles. The third-order valence-corrected chi connectivity index (χ3v) is 0.364. The average molecular weight is 124 g/mol. The molecule has 0 unspecified atom stereocenters. The van der Waals surface area contributed by atoms with Gasteiger partial charge in [0.05, 0.1) is 0 Å². The fourth-order valence-corrected chi connectivity index (χ4v) is 0.0833. The Bertz CT molecular complexity index is 123. The van der Waals surface area contributed by atoms with E-state index in [9.17, 15) is 18.6 Å². The highest BCUT2D eigenvalue weighted by Crippen LogP contribution is 1.87. The summed E-state index contributed by atoms with van der Waals surface area (Å²) in [6.07, 6.45) is 0. The smallest absolute Gasteiger partial charge is 0.361 e. The monoisotopic (exact) mass is 124 g/mol. The summed E-state index contributed by atoms with van der Waals surface area (Å²) >= 11 is 0. The van der Waals surface area contributed by atoms with E-state index in [4.69, 9.17) is 0 Å². The molecule has 0 atom stereocenters. The lowest BCUT2D eigenvalue weighted by Crippen LogP contribution is -2.30. The summed E-state index contributed by atoms with van der Waals surface area (Å²) in [6.45, 7) is 0. The molecule has 0 aliphatic heterocycles. The van der Waals surface area contributed by atoms with Crippen LogP contribution in [0.1, 0.15) is 0 Å². The van der Waals surface area contributed by atoms with Crippen molar-refractivity contribution in [2.45, 2.75) is 0 Å². The summed E-state index contributed by atoms with van der Waals surface area (Å²) in [5.41, 5.74) is 4.13. The van der Waals surface area contributed by atoms with Crippen molar-refractivity contribution in [3.05, 3.63) is 0 Å². The van der Waals surface area contributed by atoms with E-state index in [1.54, 1.807) is 0 Å². The zero-order valence-corrected chi connectivity index (χ0v) is 3.60. The number of hydrogen-bond donors (Lipinski definition) is 1. The second kappa shape index (κ2) is 2.20. The van der Waals surface area contributed by atoms with Gasteiger partial charge in [-0.25, -0.2) is 0 Å². The lowest BCUT2D eigenvalue weighted by atomic mass is 10.6. The maximum atomic E-state index is 10.9. The highest BCUT2D eigenvalue weighted by Gasteiger charge is 2.17. The fourth-order valence-electron chi connectivity index (χ4n) is 0.0833. The Morgan fingerprint density at radius 1 is 1.38 bits per heavy atom. The zero-order chi connectivity index (χ0) is 6.73. The molecule has 2 N–H and O–H groups in total. The van der Waals surface area contributed by atoms with Crippen molar-refractivity contribution in [2.75, 3.05) is 0 Å². The summed E-state index contributed by atoms with van der Waals surface area (Å²) < 4.78 is 21.7. The van der Waals surface area contributed by atoms with Crippen LogP contribution in [0.3, 0.4) is 0 Å². The number of halogens is 2. The number of carbonyl (C=O) groups is 2. The molecule has 0 aliphatic rings. The Morgan fingerprint density at radius 3 is 1.75 bits per heavy atom. The molecule has 0 spiro atoms. The molecule has 2 amide bonds. The molecule has 0 aromatic heterocycles. The minimum absolute atomic E-state index is 1.67. The van der Waals surface area contributed by atoms with E-state index in [2.05, 4.69) is 5.73 Å². The first kappa shape index (κ1) is 6.80. The SMILES string of the molecule is NC(=O)C(=O)N(F)F. The van der Waals surface area contributed by atoms with Gasteiger partial charge in [-0.2, -0.15) is 0 Å². The topological polar surface area (TPSA) is 63.4 Å². The lowest BCUT2D eigenvalue weighted by Gasteiger charge is -1.91. The fraction of sp³-hybridized carbons (Fsp3) is 0. The molecule has 0 heterocycles. The van der Waals surface area contributed by atoms with Crippen molar-refractivity contribution < 1.29 is 18.6 Å². The number of hydrogen-bond acceptors (Lipinski definition) is 2. The predicted octanol–water partition coefficient (Wildman–Crippen LogP) is -0.931. The molecule has 0 fully saturated rings. The minimum atomic E-state index is -2.01. The van der Waals surface area contributed by atoms with Gasteiger partial charge < -0.3 is 5.73 Å². The lowest BCUT2D eigenvalue weighted by molar-refractivity contribution is -0.188. The van der Waals surface area contributed by atoms with Crippen LogP contribution in [0.25, 0.3) is 0 Å². The molecular formula is C2H2F2N2O2. The Morgan fingerprint density at radius 2 is 1.75 bits per heavy atom. The van der Waals surface area contributed by atoms with Crippen LogP contribution in [-0.4, -0.2) is 17.2 Å². The minimum Gasteiger partial charge on any atom is -0.361 e. The van der Waals surface area contributed by atoms with E-state index in [-0.39, 0.29) is 0 Å². The molecule has 0 saturated carbocycles. The van der Waals surface area contributed by atoms with Crippen LogP contribution >= 0.6 is 0 Å². The first-order chi connectivity index (χ1) is 3.55. The van der Waals surface area contributed by atoms with Crippen LogP contribution in [0.15, 0.2) is 0 Å². The maximum absolute atomic E-state index is 10.9. The molecule has 4 nitrogen and oxygen atoms in total. The molecule has 6 heteroatoms. The van der Waals surface area contributed by atoms with Gasteiger partial charge in [-0.1, -0.05) is 8.96 Å². The van der Waals surface area contributed by atoms with E-state index in [1.165, 1.54) is 0 Å². The van der Waals surface area contributed by atoms with E-state index in [0.717, 1.165) is 0 Å². The second-order valence-electron chi connectivity index (χ2n) is 0.902. The van der Waals surface area contributed by atoms with Gasteiger partial charge in [-0.3, -0.25) is 9.59 Å². The normalized spacial score (nSPS) is 8.25. The Kier molecular flexibility index (Phi) is 1.87. The maximum Gasteiger partial charge on any atom is 0.370 e. The van der Waals surface area contributed by atoms with Gasteiger partial charge in [0.25, 0.3) is 0 Å². The van der Waals surface area contributed by atoms with E-state index < -0.39 is 17.2 Å². The van der Waals surface area contributed by atoms with Gasteiger partial charge in [0.2, 0.25) is 0 Å². The van der Waals surface area contributed by atoms with Crippen LogP contribution < -0.4 is 5.73 Å². The van der Waals surface area contributed by atoms with Crippen molar-refractivity contribution in [1.82, 2.24) is 5.34 Å². The quantitative estimate of drug-likeness (QED) is 0.335. The van der Waals surface area contributed by atoms with E-state index in [0.29, 0.717) is 0 Å². The van der Waals surface area contributed by atoms with Crippen LogP contribution in [0.5, 0.6) is 0 Å². The van der Waals surface area contributed by atoms with Crippen molar-refractivity contribution in [3.8, 4) is 0 Å². The Labute approximate surface area is 42.7 Å². The van der Waals surface area contributed by atoms with Crippen LogP contribution in [0.4, 0.5) is 8.96 Å². The predicted molar refractivity (Wildman–Crippen MR) is 18.3 cm³/mol. The van der Waals surface area contributed by atoms with Gasteiger partial charge in [-0.15, -0.1) is 0 Å². The van der Waals surface area contributed by atoms with Gasteiger partial charge in [0, 0.05) is 5.34 Å². The standard InChI is InChI=1S/C2H2F2N2O2/c3-6(4)2(8)1(5)7/h(H2,5,7). The first-order valence-corrected chi connectivity index (χ1v) is 1.51. The van der Waals surface area contributed by atoms with Crippen molar-refractivity contribution >= 4 is 11.8 Å². The van der Waals surface area contributed by atoms with Crippen molar-refractivity contribution in [3.63, 3.8) is 0 Å². The second-order valence-corrected chi connectivity index (χ2v) is 0.902. The van der Waals surface area contributed by atoms with Gasteiger partial charge >= 0.3 is 11.8 Å². The number of nitrogens with two attached hydrogens (primary N) is 1. The average Bonchev–Trinajstić information content (AvgIpc) is 1.64. The highest BCUT2D eigenvalue weighted by molar-refractivity contribution is 6.33. The third kappa shape index (κ3) is 1.50.